The molecule has 0 saturated carbocycles. The molecule has 1 heterocycles. The van der Waals surface area contributed by atoms with Gasteiger partial charge in [-0.2, -0.15) is 8.42 Å². The van der Waals surface area contributed by atoms with Gasteiger partial charge in [-0.05, 0) is 42.7 Å². The first-order valence-corrected chi connectivity index (χ1v) is 12.5. The Morgan fingerprint density at radius 1 is 1.03 bits per heavy atom. The highest BCUT2D eigenvalue weighted by Crippen LogP contribution is 2.40. The zero-order valence-electron chi connectivity index (χ0n) is 20.2. The lowest BCUT2D eigenvalue weighted by Crippen LogP contribution is -2.33. The molecule has 1 saturated heterocycles. The van der Waals surface area contributed by atoms with E-state index in [0.717, 1.165) is 11.8 Å². The summed E-state index contributed by atoms with van der Waals surface area (Å²) in [6, 6.07) is 11.6. The maximum Gasteiger partial charge on any atom is 0.264 e. The van der Waals surface area contributed by atoms with E-state index >= 15 is 0 Å². The van der Waals surface area contributed by atoms with Crippen LogP contribution in [0.3, 0.4) is 0 Å². The number of amides is 1. The van der Waals surface area contributed by atoms with Crippen molar-refractivity contribution in [2.24, 2.45) is 5.41 Å². The zero-order chi connectivity index (χ0) is 25.4. The monoisotopic (exact) mass is 497 g/mol. The molecule has 1 aliphatic heterocycles. The maximum atomic E-state index is 12.9. The maximum absolute atomic E-state index is 12.9. The predicted octanol–water partition coefficient (Wildman–Crippen LogP) is 3.64. The Labute approximate surface area is 200 Å². The van der Waals surface area contributed by atoms with Crippen molar-refractivity contribution >= 4 is 16.0 Å². The molecular weight excluding hydrogens is 465 g/mol. The van der Waals surface area contributed by atoms with Gasteiger partial charge in [-0.15, -0.1) is 0 Å². The van der Waals surface area contributed by atoms with Crippen LogP contribution in [0.4, 0.5) is 4.39 Å². The summed E-state index contributed by atoms with van der Waals surface area (Å²) in [5.41, 5.74) is 0.222. The summed E-state index contributed by atoms with van der Waals surface area (Å²) in [6.45, 7) is 2.83. The average molecular weight is 498 g/mol. The van der Waals surface area contributed by atoms with E-state index in [1.165, 1.54) is 19.2 Å². The summed E-state index contributed by atoms with van der Waals surface area (Å²) >= 11 is 0. The molecule has 0 aliphatic carbocycles. The van der Waals surface area contributed by atoms with Crippen molar-refractivity contribution in [3.63, 3.8) is 0 Å². The highest BCUT2D eigenvalue weighted by molar-refractivity contribution is 7.85. The minimum Gasteiger partial charge on any atom is -0.493 e. The van der Waals surface area contributed by atoms with E-state index in [2.05, 4.69) is 0 Å². The van der Waals surface area contributed by atoms with Crippen LogP contribution in [-0.4, -0.2) is 60.0 Å². The molecule has 8 nitrogen and oxygen atoms in total. The highest BCUT2D eigenvalue weighted by Gasteiger charge is 2.42. The van der Waals surface area contributed by atoms with Gasteiger partial charge in [-0.1, -0.05) is 25.1 Å². The molecule has 0 spiro atoms. The van der Waals surface area contributed by atoms with Crippen LogP contribution in [-0.2, 0) is 25.6 Å². The number of rotatable bonds is 9. The van der Waals surface area contributed by atoms with Gasteiger partial charge in [0.05, 0.1) is 39.6 Å². The van der Waals surface area contributed by atoms with Crippen LogP contribution in [0.1, 0.15) is 25.3 Å². The summed E-state index contributed by atoms with van der Waals surface area (Å²) in [7, 11) is 1.11. The molecule has 1 aliphatic rings. The highest BCUT2D eigenvalue weighted by atomic mass is 32.2. The molecule has 34 heavy (non-hydrogen) atoms. The topological polar surface area (TPSA) is 91.4 Å². The van der Waals surface area contributed by atoms with Gasteiger partial charge in [0.1, 0.15) is 5.82 Å². The zero-order valence-corrected chi connectivity index (χ0v) is 21.0. The van der Waals surface area contributed by atoms with Gasteiger partial charge in [-0.3, -0.25) is 8.98 Å². The second-order valence-corrected chi connectivity index (χ2v) is 9.79. The van der Waals surface area contributed by atoms with E-state index < -0.39 is 15.5 Å². The SMILES string of the molecule is COc1cc(CN2CCC(C)(CCOS(C)(=O)=O)C2=O)cc(OC)c1OC.Fc1ccccc1. The molecule has 0 aromatic heterocycles. The minimum absolute atomic E-state index is 0.000898. The Bertz CT molecular complexity index is 1040. The Morgan fingerprint density at radius 2 is 1.62 bits per heavy atom. The largest absolute Gasteiger partial charge is 0.493 e. The molecule has 1 amide bonds. The number of nitrogens with zero attached hydrogens (tertiary/aromatic N) is 1. The number of methoxy groups -OCH3 is 3. The van der Waals surface area contributed by atoms with Gasteiger partial charge in [0.25, 0.3) is 10.1 Å². The summed E-state index contributed by atoms with van der Waals surface area (Å²) in [5.74, 6) is 1.36. The van der Waals surface area contributed by atoms with Crippen molar-refractivity contribution < 1.29 is 36.0 Å². The standard InChI is InChI=1S/C18H27NO7S.C6H5F/c1-18(7-9-26-27(5,21)22)6-8-19(17(18)20)12-13-10-14(23-2)16(25-4)15(11-13)24-3;7-6-4-2-1-3-5-6/h10-11H,6-9,12H2,1-5H3;1-5H. The Hall–Kier alpha value is -2.85. The third-order valence-electron chi connectivity index (χ3n) is 5.52. The van der Waals surface area contributed by atoms with Crippen molar-refractivity contribution in [1.29, 1.82) is 0 Å². The molecule has 3 rings (SSSR count). The van der Waals surface area contributed by atoms with E-state index in [4.69, 9.17) is 18.4 Å². The number of benzene rings is 2. The summed E-state index contributed by atoms with van der Waals surface area (Å²) in [5, 5.41) is 0. The number of likely N-dealkylation sites (tertiary alicyclic amines) is 1. The molecule has 2 aromatic rings. The smallest absolute Gasteiger partial charge is 0.264 e. The van der Waals surface area contributed by atoms with E-state index in [0.29, 0.717) is 43.2 Å². The van der Waals surface area contributed by atoms with E-state index in [1.807, 2.05) is 19.1 Å². The van der Waals surface area contributed by atoms with Crippen LogP contribution in [0.25, 0.3) is 0 Å². The van der Waals surface area contributed by atoms with Gasteiger partial charge < -0.3 is 19.1 Å². The number of carbonyl (C=O) groups is 1. The second kappa shape index (κ2) is 12.0. The third kappa shape index (κ3) is 7.59. The molecular formula is C24H32FNO7S. The second-order valence-electron chi connectivity index (χ2n) is 8.14. The predicted molar refractivity (Wildman–Crippen MR) is 126 cm³/mol. The van der Waals surface area contributed by atoms with Gasteiger partial charge in [0.15, 0.2) is 11.5 Å². The van der Waals surface area contributed by atoms with Crippen LogP contribution in [0.15, 0.2) is 42.5 Å². The molecule has 1 fully saturated rings. The van der Waals surface area contributed by atoms with Crippen LogP contribution in [0, 0.1) is 11.2 Å². The number of halogens is 1. The molecule has 0 N–H and O–H groups in total. The Kier molecular flexibility index (Phi) is 9.69. The fourth-order valence-electron chi connectivity index (χ4n) is 3.63. The third-order valence-corrected chi connectivity index (χ3v) is 6.11. The molecule has 188 valence electrons. The van der Waals surface area contributed by atoms with Crippen LogP contribution < -0.4 is 14.2 Å². The normalized spacial score (nSPS) is 17.7. The summed E-state index contributed by atoms with van der Waals surface area (Å²) in [6.07, 6.45) is 2.00. The molecule has 0 radical (unpaired) electrons. The molecule has 0 bridgehead atoms. The molecule has 1 atom stereocenters. The van der Waals surface area contributed by atoms with Gasteiger partial charge in [0.2, 0.25) is 11.7 Å². The van der Waals surface area contributed by atoms with Gasteiger partial charge >= 0.3 is 0 Å². The first-order chi connectivity index (χ1) is 16.0. The molecule has 10 heteroatoms. The number of ether oxygens (including phenoxy) is 3. The van der Waals surface area contributed by atoms with E-state index in [1.54, 1.807) is 37.3 Å². The summed E-state index contributed by atoms with van der Waals surface area (Å²) in [4.78, 5) is 14.6. The number of hydrogen-bond donors (Lipinski definition) is 0. The lowest BCUT2D eigenvalue weighted by atomic mass is 9.85. The first kappa shape index (κ1) is 27.4. The Balaban J connectivity index is 0.000000497. The van der Waals surface area contributed by atoms with Crippen molar-refractivity contribution in [3.8, 4) is 17.2 Å². The fraction of sp³-hybridized carbons (Fsp3) is 0.458. The van der Waals surface area contributed by atoms with Crippen LogP contribution in [0.2, 0.25) is 0 Å². The summed E-state index contributed by atoms with van der Waals surface area (Å²) < 4.78 is 55.0. The van der Waals surface area contributed by atoms with E-state index in [-0.39, 0.29) is 18.3 Å². The van der Waals surface area contributed by atoms with Crippen LogP contribution in [0.5, 0.6) is 17.2 Å². The van der Waals surface area contributed by atoms with Crippen LogP contribution >= 0.6 is 0 Å². The van der Waals surface area contributed by atoms with Crippen molar-refractivity contribution in [3.05, 3.63) is 53.8 Å². The molecule has 1 unspecified atom stereocenters. The average Bonchev–Trinajstić information content (AvgIpc) is 3.07. The quantitative estimate of drug-likeness (QED) is 0.489. The van der Waals surface area contributed by atoms with Crippen molar-refractivity contribution in [2.75, 3.05) is 40.7 Å². The lowest BCUT2D eigenvalue weighted by Gasteiger charge is -2.24. The lowest BCUT2D eigenvalue weighted by molar-refractivity contribution is -0.136. The molecule has 2 aromatic carbocycles. The number of hydrogen-bond acceptors (Lipinski definition) is 7. The fourth-order valence-corrected chi connectivity index (χ4v) is 4.02. The van der Waals surface area contributed by atoms with Gasteiger partial charge in [-0.25, -0.2) is 4.39 Å². The number of carbonyl (C=O) groups excluding carboxylic acids is 1. The van der Waals surface area contributed by atoms with Crippen molar-refractivity contribution in [1.82, 2.24) is 4.90 Å². The van der Waals surface area contributed by atoms with E-state index in [9.17, 15) is 17.6 Å². The van der Waals surface area contributed by atoms with Crippen molar-refractivity contribution in [2.45, 2.75) is 26.3 Å². The Morgan fingerprint density at radius 3 is 2.06 bits per heavy atom. The van der Waals surface area contributed by atoms with Gasteiger partial charge in [0, 0.05) is 13.1 Å². The minimum atomic E-state index is -3.51. The first-order valence-electron chi connectivity index (χ1n) is 10.7.